The lowest BCUT2D eigenvalue weighted by Crippen LogP contribution is -2.21. The molecular formula is C17H16N4O4. The topological polar surface area (TPSA) is 99.2 Å². The Bertz CT molecular complexity index is 899. The zero-order valence-electron chi connectivity index (χ0n) is 13.7. The van der Waals surface area contributed by atoms with Crippen LogP contribution < -0.4 is 5.32 Å². The summed E-state index contributed by atoms with van der Waals surface area (Å²) in [6, 6.07) is 11.0. The molecule has 0 aliphatic carbocycles. The summed E-state index contributed by atoms with van der Waals surface area (Å²) in [5.41, 5.74) is 2.39. The van der Waals surface area contributed by atoms with E-state index in [-0.39, 0.29) is 5.88 Å². The highest BCUT2D eigenvalue weighted by Crippen LogP contribution is 2.15. The molecule has 25 heavy (non-hydrogen) atoms. The normalized spacial score (nSPS) is 10.5. The maximum atomic E-state index is 12.2. The van der Waals surface area contributed by atoms with Gasteiger partial charge in [0.2, 0.25) is 5.88 Å². The quantitative estimate of drug-likeness (QED) is 0.715. The number of aryl methyl sites for hydroxylation is 1. The van der Waals surface area contributed by atoms with Crippen LogP contribution in [0.25, 0.3) is 5.69 Å². The second kappa shape index (κ2) is 7.00. The smallest absolute Gasteiger partial charge is 0.342 e. The van der Waals surface area contributed by atoms with Gasteiger partial charge in [-0.05, 0) is 26.0 Å². The number of hydrogen-bond acceptors (Lipinski definition) is 6. The average Bonchev–Trinajstić information content (AvgIpc) is 3.19. The summed E-state index contributed by atoms with van der Waals surface area (Å²) in [5, 5.41) is 10.3. The minimum Gasteiger partial charge on any atom is -0.452 e. The Labute approximate surface area is 143 Å². The predicted octanol–water partition coefficient (Wildman–Crippen LogP) is 2.27. The molecule has 0 fully saturated rings. The molecule has 1 amide bonds. The van der Waals surface area contributed by atoms with E-state index in [0.29, 0.717) is 17.0 Å². The molecule has 0 aliphatic heterocycles. The van der Waals surface area contributed by atoms with Gasteiger partial charge in [0.1, 0.15) is 5.56 Å². The molecule has 128 valence electrons. The van der Waals surface area contributed by atoms with Crippen LogP contribution in [0, 0.1) is 13.8 Å². The van der Waals surface area contributed by atoms with Gasteiger partial charge in [-0.2, -0.15) is 5.10 Å². The predicted molar refractivity (Wildman–Crippen MR) is 88.5 cm³/mol. The number of para-hydroxylation sites is 1. The number of anilines is 1. The molecule has 1 aromatic carbocycles. The van der Waals surface area contributed by atoms with Gasteiger partial charge in [-0.25, -0.2) is 9.48 Å². The standard InChI is InChI=1S/C17H16N4O4/c1-11-8-16(25-20-11)19-15(22)10-24-17(23)14-9-18-21(12(14)2)13-6-4-3-5-7-13/h3-9H,10H2,1-2H3,(H,19,22). The Morgan fingerprint density at radius 2 is 2.00 bits per heavy atom. The second-order valence-corrected chi connectivity index (χ2v) is 5.35. The number of rotatable bonds is 5. The van der Waals surface area contributed by atoms with Crippen molar-refractivity contribution < 1.29 is 18.8 Å². The molecule has 2 heterocycles. The summed E-state index contributed by atoms with van der Waals surface area (Å²) >= 11 is 0. The molecule has 0 spiro atoms. The van der Waals surface area contributed by atoms with E-state index in [1.165, 1.54) is 6.20 Å². The summed E-state index contributed by atoms with van der Waals surface area (Å²) in [6.07, 6.45) is 1.42. The van der Waals surface area contributed by atoms with Gasteiger partial charge in [-0.1, -0.05) is 23.4 Å². The third kappa shape index (κ3) is 3.74. The summed E-state index contributed by atoms with van der Waals surface area (Å²) in [4.78, 5) is 24.0. The highest BCUT2D eigenvalue weighted by molar-refractivity contribution is 5.95. The van der Waals surface area contributed by atoms with Crippen molar-refractivity contribution in [3.05, 3.63) is 59.5 Å². The van der Waals surface area contributed by atoms with Crippen LogP contribution in [0.1, 0.15) is 21.7 Å². The third-order valence-electron chi connectivity index (χ3n) is 3.46. The Balaban J connectivity index is 1.62. The van der Waals surface area contributed by atoms with Crippen molar-refractivity contribution in [2.45, 2.75) is 13.8 Å². The highest BCUT2D eigenvalue weighted by Gasteiger charge is 2.18. The Morgan fingerprint density at radius 3 is 2.68 bits per heavy atom. The Kier molecular flexibility index (Phi) is 4.60. The van der Waals surface area contributed by atoms with Gasteiger partial charge < -0.3 is 9.26 Å². The molecule has 0 saturated carbocycles. The fourth-order valence-electron chi connectivity index (χ4n) is 2.24. The van der Waals surface area contributed by atoms with Crippen LogP contribution in [0.5, 0.6) is 0 Å². The van der Waals surface area contributed by atoms with E-state index >= 15 is 0 Å². The Morgan fingerprint density at radius 1 is 1.24 bits per heavy atom. The number of nitrogens with one attached hydrogen (secondary N) is 1. The summed E-state index contributed by atoms with van der Waals surface area (Å²) in [6.45, 7) is 3.05. The van der Waals surface area contributed by atoms with Crippen molar-refractivity contribution >= 4 is 17.8 Å². The number of amides is 1. The summed E-state index contributed by atoms with van der Waals surface area (Å²) in [7, 11) is 0. The number of nitrogens with zero attached hydrogens (tertiary/aromatic N) is 3. The molecule has 8 nitrogen and oxygen atoms in total. The lowest BCUT2D eigenvalue weighted by molar-refractivity contribution is -0.119. The lowest BCUT2D eigenvalue weighted by Gasteiger charge is -2.06. The van der Waals surface area contributed by atoms with Crippen molar-refractivity contribution in [1.29, 1.82) is 0 Å². The maximum absolute atomic E-state index is 12.2. The first-order chi connectivity index (χ1) is 12.0. The van der Waals surface area contributed by atoms with Crippen LogP contribution in [0.3, 0.4) is 0 Å². The zero-order valence-corrected chi connectivity index (χ0v) is 13.7. The van der Waals surface area contributed by atoms with Gasteiger partial charge >= 0.3 is 5.97 Å². The second-order valence-electron chi connectivity index (χ2n) is 5.35. The van der Waals surface area contributed by atoms with Crippen molar-refractivity contribution in [1.82, 2.24) is 14.9 Å². The van der Waals surface area contributed by atoms with Crippen molar-refractivity contribution in [2.24, 2.45) is 0 Å². The third-order valence-corrected chi connectivity index (χ3v) is 3.46. The van der Waals surface area contributed by atoms with Gasteiger partial charge in [0.15, 0.2) is 6.61 Å². The van der Waals surface area contributed by atoms with E-state index in [1.54, 1.807) is 24.6 Å². The van der Waals surface area contributed by atoms with E-state index in [1.807, 2.05) is 30.3 Å². The molecule has 0 saturated heterocycles. The zero-order chi connectivity index (χ0) is 17.8. The van der Waals surface area contributed by atoms with Gasteiger partial charge in [0, 0.05) is 6.07 Å². The van der Waals surface area contributed by atoms with Crippen LogP contribution in [0.15, 0.2) is 47.1 Å². The number of carbonyl (C=O) groups is 2. The first-order valence-electron chi connectivity index (χ1n) is 7.55. The van der Waals surface area contributed by atoms with Crippen LogP contribution in [-0.2, 0) is 9.53 Å². The maximum Gasteiger partial charge on any atom is 0.342 e. The molecule has 3 aromatic rings. The van der Waals surface area contributed by atoms with Gasteiger partial charge in [-0.3, -0.25) is 10.1 Å². The van der Waals surface area contributed by atoms with Crippen LogP contribution >= 0.6 is 0 Å². The number of esters is 1. The van der Waals surface area contributed by atoms with Crippen LogP contribution in [-0.4, -0.2) is 33.4 Å². The molecule has 2 aromatic heterocycles. The number of ether oxygens (including phenoxy) is 1. The first kappa shape index (κ1) is 16.4. The summed E-state index contributed by atoms with van der Waals surface area (Å²) in [5.74, 6) is -0.937. The minimum atomic E-state index is -0.622. The van der Waals surface area contributed by atoms with Gasteiger partial charge in [0.05, 0.1) is 23.3 Å². The fraction of sp³-hybridized carbons (Fsp3) is 0.176. The van der Waals surface area contributed by atoms with Crippen molar-refractivity contribution in [3.63, 3.8) is 0 Å². The van der Waals surface area contributed by atoms with Crippen molar-refractivity contribution in [3.8, 4) is 5.69 Å². The number of aromatic nitrogens is 3. The lowest BCUT2D eigenvalue weighted by atomic mass is 10.2. The minimum absolute atomic E-state index is 0.201. The summed E-state index contributed by atoms with van der Waals surface area (Å²) < 4.78 is 11.5. The highest BCUT2D eigenvalue weighted by atomic mass is 16.5. The monoisotopic (exact) mass is 340 g/mol. The molecule has 3 rings (SSSR count). The van der Waals surface area contributed by atoms with Crippen LogP contribution in [0.2, 0.25) is 0 Å². The fourth-order valence-corrected chi connectivity index (χ4v) is 2.24. The van der Waals surface area contributed by atoms with E-state index in [4.69, 9.17) is 9.26 Å². The van der Waals surface area contributed by atoms with Gasteiger partial charge in [-0.15, -0.1) is 0 Å². The molecule has 0 unspecified atom stereocenters. The molecular weight excluding hydrogens is 324 g/mol. The first-order valence-corrected chi connectivity index (χ1v) is 7.55. The number of hydrogen-bond donors (Lipinski definition) is 1. The van der Waals surface area contributed by atoms with E-state index in [0.717, 1.165) is 5.69 Å². The Hall–Kier alpha value is -3.42. The number of carbonyl (C=O) groups excluding carboxylic acids is 2. The number of benzene rings is 1. The molecule has 8 heteroatoms. The SMILES string of the molecule is Cc1cc(NC(=O)COC(=O)c2cnn(-c3ccccc3)c2C)on1. The van der Waals surface area contributed by atoms with E-state index in [9.17, 15) is 9.59 Å². The average molecular weight is 340 g/mol. The largest absolute Gasteiger partial charge is 0.452 e. The van der Waals surface area contributed by atoms with E-state index in [2.05, 4.69) is 15.6 Å². The molecule has 1 N–H and O–H groups in total. The molecule has 0 bridgehead atoms. The van der Waals surface area contributed by atoms with Crippen molar-refractivity contribution in [2.75, 3.05) is 11.9 Å². The van der Waals surface area contributed by atoms with Gasteiger partial charge in [0.25, 0.3) is 5.91 Å². The molecule has 0 aliphatic rings. The van der Waals surface area contributed by atoms with E-state index < -0.39 is 18.5 Å². The molecule has 0 atom stereocenters. The molecule has 0 radical (unpaired) electrons. The van der Waals surface area contributed by atoms with Crippen LogP contribution in [0.4, 0.5) is 5.88 Å².